The fourth-order valence-corrected chi connectivity index (χ4v) is 1.42. The van der Waals surface area contributed by atoms with Crippen LogP contribution < -0.4 is 5.32 Å². The summed E-state index contributed by atoms with van der Waals surface area (Å²) in [4.78, 5) is 22.1. The zero-order chi connectivity index (χ0) is 16.7. The van der Waals surface area contributed by atoms with E-state index < -0.39 is 30.7 Å². The molecule has 0 aliphatic heterocycles. The second-order valence-electron chi connectivity index (χ2n) is 4.25. The minimum Gasteiger partial charge on any atom is -0.348 e. The van der Waals surface area contributed by atoms with E-state index in [1.165, 1.54) is 5.32 Å². The van der Waals surface area contributed by atoms with Gasteiger partial charge in [0.25, 0.3) is 0 Å². The molecule has 4 nitrogen and oxygen atoms in total. The van der Waals surface area contributed by atoms with Gasteiger partial charge in [-0.25, -0.2) is 0 Å². The molecule has 0 bridgehead atoms. The minimum atomic E-state index is -5.04. The van der Waals surface area contributed by atoms with Crippen LogP contribution in [-0.4, -0.2) is 48.7 Å². The highest BCUT2D eigenvalue weighted by Gasteiger charge is 2.42. The molecular weight excluding hydrogens is 306 g/mol. The number of hydrogen-bond donors (Lipinski definition) is 1. The van der Waals surface area contributed by atoms with E-state index in [0.717, 1.165) is 0 Å². The first-order chi connectivity index (χ1) is 9.50. The van der Waals surface area contributed by atoms with Crippen molar-refractivity contribution in [2.24, 2.45) is 0 Å². The highest BCUT2D eigenvalue weighted by atomic mass is 19.4. The summed E-state index contributed by atoms with van der Waals surface area (Å²) in [6, 6.07) is 0. The summed E-state index contributed by atoms with van der Waals surface area (Å²) >= 11 is 0. The molecule has 0 fully saturated rings. The molecule has 0 aromatic carbocycles. The highest BCUT2D eigenvalue weighted by molar-refractivity contribution is 5.82. The number of unbranched alkanes of at least 4 members (excludes halogenated alkanes) is 1. The molecule has 2 amide bonds. The third-order valence-electron chi connectivity index (χ3n) is 2.46. The molecule has 0 unspecified atom stereocenters. The molecule has 0 aromatic heterocycles. The lowest BCUT2D eigenvalue weighted by molar-refractivity contribution is -0.185. The van der Waals surface area contributed by atoms with Gasteiger partial charge in [-0.15, -0.1) is 0 Å². The van der Waals surface area contributed by atoms with Crippen molar-refractivity contribution >= 4 is 11.8 Å². The van der Waals surface area contributed by atoms with E-state index in [0.29, 0.717) is 17.7 Å². The van der Waals surface area contributed by atoms with E-state index in [9.17, 15) is 35.9 Å². The number of nitrogens with zero attached hydrogens (tertiary/aromatic N) is 1. The molecule has 124 valence electrons. The number of halogens is 6. The molecule has 0 aliphatic carbocycles. The second-order valence-corrected chi connectivity index (χ2v) is 4.25. The van der Waals surface area contributed by atoms with Crippen LogP contribution in [0.2, 0.25) is 0 Å². The van der Waals surface area contributed by atoms with Crippen LogP contribution in [0.15, 0.2) is 0 Å². The maximum Gasteiger partial charge on any atom is 0.471 e. The summed E-state index contributed by atoms with van der Waals surface area (Å²) in [7, 11) is 0. The first kappa shape index (κ1) is 19.5. The van der Waals surface area contributed by atoms with Crippen molar-refractivity contribution in [1.82, 2.24) is 10.2 Å². The fraction of sp³-hybridized carbons (Fsp3) is 0.818. The predicted molar refractivity (Wildman–Crippen MR) is 61.2 cm³/mol. The van der Waals surface area contributed by atoms with Crippen molar-refractivity contribution < 1.29 is 35.9 Å². The number of carbonyl (C=O) groups excluding carboxylic acids is 2. The smallest absolute Gasteiger partial charge is 0.348 e. The summed E-state index contributed by atoms with van der Waals surface area (Å²) in [5, 5.41) is 1.53. The van der Waals surface area contributed by atoms with Crippen LogP contribution in [0.3, 0.4) is 0 Å². The lowest BCUT2D eigenvalue weighted by Gasteiger charge is -2.23. The van der Waals surface area contributed by atoms with Crippen LogP contribution in [0.4, 0.5) is 26.3 Å². The topological polar surface area (TPSA) is 49.4 Å². The van der Waals surface area contributed by atoms with Gasteiger partial charge in [-0.1, -0.05) is 13.3 Å². The van der Waals surface area contributed by atoms with Gasteiger partial charge >= 0.3 is 24.2 Å². The Bertz CT molecular complexity index is 354. The van der Waals surface area contributed by atoms with Gasteiger partial charge in [-0.2, -0.15) is 26.3 Å². The summed E-state index contributed by atoms with van der Waals surface area (Å²) in [5.74, 6) is -4.19. The lowest BCUT2D eigenvalue weighted by atomic mass is 10.3. The number of hydrogen-bond acceptors (Lipinski definition) is 2. The Hall–Kier alpha value is -1.48. The van der Waals surface area contributed by atoms with Gasteiger partial charge in [0.05, 0.1) is 0 Å². The highest BCUT2D eigenvalue weighted by Crippen LogP contribution is 2.19. The van der Waals surface area contributed by atoms with E-state index in [-0.39, 0.29) is 19.5 Å². The first-order valence-corrected chi connectivity index (χ1v) is 6.21. The van der Waals surface area contributed by atoms with Gasteiger partial charge in [-0.05, 0) is 12.8 Å². The minimum absolute atomic E-state index is 0.137. The molecule has 0 saturated heterocycles. The number of alkyl halides is 6. The van der Waals surface area contributed by atoms with Crippen LogP contribution in [0, 0.1) is 0 Å². The van der Waals surface area contributed by atoms with Crippen molar-refractivity contribution in [3.8, 4) is 0 Å². The predicted octanol–water partition coefficient (Wildman–Crippen LogP) is 2.25. The fourth-order valence-electron chi connectivity index (χ4n) is 1.42. The Kier molecular flexibility index (Phi) is 7.51. The molecule has 1 N–H and O–H groups in total. The molecule has 0 aromatic rings. The number of carbonyl (C=O) groups is 2. The zero-order valence-corrected chi connectivity index (χ0v) is 11.3. The van der Waals surface area contributed by atoms with Crippen LogP contribution in [-0.2, 0) is 9.59 Å². The molecule has 0 spiro atoms. The molecule has 0 saturated carbocycles. The van der Waals surface area contributed by atoms with Crippen molar-refractivity contribution in [3.05, 3.63) is 0 Å². The maximum absolute atomic E-state index is 12.3. The van der Waals surface area contributed by atoms with E-state index in [4.69, 9.17) is 0 Å². The van der Waals surface area contributed by atoms with Crippen LogP contribution in [0.1, 0.15) is 26.2 Å². The number of nitrogens with one attached hydrogen (secondary N) is 1. The standard InChI is InChI=1S/C11H16F6N2O2/c1-2-3-6-19(9(21)11(15,16)17)7-4-5-18-8(20)10(12,13)14/h2-7H2,1H3,(H,18,20). The summed E-state index contributed by atoms with van der Waals surface area (Å²) in [5.41, 5.74) is 0. The largest absolute Gasteiger partial charge is 0.471 e. The Balaban J connectivity index is 4.32. The van der Waals surface area contributed by atoms with Gasteiger partial charge in [0.1, 0.15) is 0 Å². The Labute approximate surface area is 117 Å². The molecule has 0 atom stereocenters. The Morgan fingerprint density at radius 3 is 1.90 bits per heavy atom. The second kappa shape index (κ2) is 8.08. The van der Waals surface area contributed by atoms with Gasteiger partial charge in [0, 0.05) is 19.6 Å². The van der Waals surface area contributed by atoms with Gasteiger partial charge in [-0.3, -0.25) is 9.59 Å². The first-order valence-electron chi connectivity index (χ1n) is 6.21. The van der Waals surface area contributed by atoms with Crippen LogP contribution in [0.5, 0.6) is 0 Å². The van der Waals surface area contributed by atoms with Crippen LogP contribution in [0.25, 0.3) is 0 Å². The van der Waals surface area contributed by atoms with Gasteiger partial charge in [0.15, 0.2) is 0 Å². The summed E-state index contributed by atoms with van der Waals surface area (Å²) < 4.78 is 72.5. The molecule has 21 heavy (non-hydrogen) atoms. The van der Waals surface area contributed by atoms with Crippen LogP contribution >= 0.6 is 0 Å². The van der Waals surface area contributed by atoms with Crippen molar-refractivity contribution in [1.29, 1.82) is 0 Å². The monoisotopic (exact) mass is 322 g/mol. The number of amides is 2. The number of rotatable bonds is 7. The average Bonchev–Trinajstić information content (AvgIpc) is 2.34. The summed E-state index contributed by atoms with van der Waals surface area (Å²) in [6.45, 7) is 0.741. The van der Waals surface area contributed by atoms with E-state index >= 15 is 0 Å². The third kappa shape index (κ3) is 7.76. The van der Waals surface area contributed by atoms with E-state index in [1.54, 1.807) is 6.92 Å². The van der Waals surface area contributed by atoms with E-state index in [1.807, 2.05) is 0 Å². The SMILES string of the molecule is CCCCN(CCCNC(=O)C(F)(F)F)C(=O)C(F)(F)F. The van der Waals surface area contributed by atoms with Crippen molar-refractivity contribution in [2.75, 3.05) is 19.6 Å². The van der Waals surface area contributed by atoms with E-state index in [2.05, 4.69) is 0 Å². The molecule has 0 aliphatic rings. The van der Waals surface area contributed by atoms with Gasteiger partial charge < -0.3 is 10.2 Å². The molecule has 0 radical (unpaired) electrons. The zero-order valence-electron chi connectivity index (χ0n) is 11.3. The quantitative estimate of drug-likeness (QED) is 0.577. The average molecular weight is 322 g/mol. The molecule has 10 heteroatoms. The molecule has 0 rings (SSSR count). The lowest BCUT2D eigenvalue weighted by Crippen LogP contribution is -2.43. The molecular formula is C11H16F6N2O2. The Morgan fingerprint density at radius 2 is 1.48 bits per heavy atom. The van der Waals surface area contributed by atoms with Crippen molar-refractivity contribution in [3.63, 3.8) is 0 Å². The third-order valence-corrected chi connectivity index (χ3v) is 2.46. The van der Waals surface area contributed by atoms with Crippen molar-refractivity contribution in [2.45, 2.75) is 38.5 Å². The maximum atomic E-state index is 12.3. The van der Waals surface area contributed by atoms with Gasteiger partial charge in [0.2, 0.25) is 0 Å². The summed E-state index contributed by atoms with van der Waals surface area (Å²) in [6.07, 6.45) is -9.36. The Morgan fingerprint density at radius 1 is 0.952 bits per heavy atom. The molecule has 0 heterocycles. The normalized spacial score (nSPS) is 12.1.